The van der Waals surface area contributed by atoms with Crippen molar-refractivity contribution in [1.82, 2.24) is 9.97 Å². The van der Waals surface area contributed by atoms with Gasteiger partial charge in [-0.3, -0.25) is 9.69 Å². The van der Waals surface area contributed by atoms with Crippen LogP contribution in [0.25, 0.3) is 0 Å². The number of halogens is 5. The van der Waals surface area contributed by atoms with Gasteiger partial charge in [0.1, 0.15) is 24.4 Å². The summed E-state index contributed by atoms with van der Waals surface area (Å²) in [4.78, 5) is 44.8. The highest BCUT2D eigenvalue weighted by Crippen LogP contribution is 2.36. The molecule has 1 aliphatic rings. The molecule has 0 aliphatic carbocycles. The zero-order valence-electron chi connectivity index (χ0n) is 20.9. The molecule has 3 aromatic rings. The lowest BCUT2D eigenvalue weighted by molar-refractivity contribution is -0.192. The smallest absolute Gasteiger partial charge is 0.475 e. The van der Waals surface area contributed by atoms with E-state index in [0.29, 0.717) is 11.4 Å². The average molecular weight is 567 g/mol. The van der Waals surface area contributed by atoms with Gasteiger partial charge in [-0.15, -0.1) is 0 Å². The molecule has 2 heterocycles. The van der Waals surface area contributed by atoms with Crippen LogP contribution in [-0.2, 0) is 9.59 Å². The van der Waals surface area contributed by atoms with Gasteiger partial charge in [-0.25, -0.2) is 33.2 Å². The van der Waals surface area contributed by atoms with Crippen molar-refractivity contribution in [2.45, 2.75) is 32.4 Å². The quantitative estimate of drug-likeness (QED) is 0.293. The van der Waals surface area contributed by atoms with Crippen LogP contribution in [0.5, 0.6) is 11.6 Å². The first kappa shape index (κ1) is 29.7. The summed E-state index contributed by atoms with van der Waals surface area (Å²) in [6.07, 6.45) is -6.48. The molecule has 1 aliphatic heterocycles. The zero-order chi connectivity index (χ0) is 29.8. The number of benzene rings is 2. The molecular weight excluding hydrogens is 545 g/mol. The Bertz CT molecular complexity index is 1420. The lowest BCUT2D eigenvalue weighted by Crippen LogP contribution is -2.33. The summed E-state index contributed by atoms with van der Waals surface area (Å²) >= 11 is 0. The topological polar surface area (TPSA) is 139 Å². The molecule has 1 saturated heterocycles. The summed E-state index contributed by atoms with van der Waals surface area (Å²) in [6.45, 7) is 3.63. The normalized spacial score (nSPS) is 13.5. The number of alkyl halides is 5. The molecule has 15 heteroatoms. The van der Waals surface area contributed by atoms with E-state index in [1.165, 1.54) is 41.6 Å². The van der Waals surface area contributed by atoms with Gasteiger partial charge in [0.05, 0.1) is 5.69 Å². The van der Waals surface area contributed by atoms with Crippen LogP contribution in [-0.4, -0.2) is 45.7 Å². The molecule has 3 N–H and O–H groups in total. The average Bonchev–Trinajstić information content (AvgIpc) is 3.17. The Hall–Kier alpha value is -4.82. The van der Waals surface area contributed by atoms with E-state index in [-0.39, 0.29) is 35.4 Å². The van der Waals surface area contributed by atoms with Crippen molar-refractivity contribution in [3.05, 3.63) is 66.0 Å². The van der Waals surface area contributed by atoms with E-state index < -0.39 is 30.5 Å². The maximum absolute atomic E-state index is 13.1. The standard InChI is InChI=1S/C23H21F2N5O3.C2HF3O2/c1-13(2)17-9-16(6-7-18(17)33-20-10-19(26)27-12-28-20)30-21(31)11-29(23(30)32)15-5-3-4-14(8-15)22(24)25;3-2(4,5)1(6)7/h3-10,12-13,22H,11H2,1-2H3,(H2,26,27,28);(H,6,7). The molecule has 0 bridgehead atoms. The highest BCUT2D eigenvalue weighted by atomic mass is 19.4. The maximum atomic E-state index is 13.1. The minimum absolute atomic E-state index is 0.00855. The van der Waals surface area contributed by atoms with Crippen LogP contribution in [0.2, 0.25) is 0 Å². The molecule has 10 nitrogen and oxygen atoms in total. The van der Waals surface area contributed by atoms with E-state index in [4.69, 9.17) is 20.4 Å². The molecule has 1 fully saturated rings. The SMILES string of the molecule is CC(C)c1cc(N2C(=O)CN(c3cccc(C(F)F)c3)C2=O)ccc1Oc1cc(N)ncn1.O=C(O)C(F)(F)F. The first-order chi connectivity index (χ1) is 18.7. The predicted molar refractivity (Wildman–Crippen MR) is 132 cm³/mol. The van der Waals surface area contributed by atoms with E-state index >= 15 is 0 Å². The summed E-state index contributed by atoms with van der Waals surface area (Å²) in [7, 11) is 0. The first-order valence-electron chi connectivity index (χ1n) is 11.4. The number of ether oxygens (including phenoxy) is 1. The Balaban J connectivity index is 0.000000559. The van der Waals surface area contributed by atoms with Crippen LogP contribution in [0, 0.1) is 0 Å². The molecule has 2 aromatic carbocycles. The maximum Gasteiger partial charge on any atom is 0.490 e. The Morgan fingerprint density at radius 2 is 1.73 bits per heavy atom. The van der Waals surface area contributed by atoms with Gasteiger partial charge in [0.15, 0.2) is 0 Å². The highest BCUT2D eigenvalue weighted by Gasteiger charge is 2.39. The number of nitrogens with zero attached hydrogens (tertiary/aromatic N) is 4. The molecule has 0 unspecified atom stereocenters. The fourth-order valence-electron chi connectivity index (χ4n) is 3.53. The number of nitrogen functional groups attached to an aromatic ring is 1. The van der Waals surface area contributed by atoms with Gasteiger partial charge >= 0.3 is 18.2 Å². The third kappa shape index (κ3) is 6.98. The molecule has 0 spiro atoms. The molecule has 1 aromatic heterocycles. The number of amides is 3. The van der Waals surface area contributed by atoms with Gasteiger partial charge in [-0.05, 0) is 41.8 Å². The number of carboxylic acids is 1. The molecule has 0 atom stereocenters. The monoisotopic (exact) mass is 567 g/mol. The first-order valence-corrected chi connectivity index (χ1v) is 11.4. The number of hydrogen-bond acceptors (Lipinski definition) is 7. The van der Waals surface area contributed by atoms with E-state index in [9.17, 15) is 31.5 Å². The van der Waals surface area contributed by atoms with E-state index in [1.807, 2.05) is 13.8 Å². The molecule has 4 rings (SSSR count). The Morgan fingerprint density at radius 1 is 1.05 bits per heavy atom. The molecule has 0 saturated carbocycles. The number of imide groups is 1. The Labute approximate surface area is 223 Å². The second-order valence-electron chi connectivity index (χ2n) is 8.56. The van der Waals surface area contributed by atoms with Gasteiger partial charge in [-0.2, -0.15) is 13.2 Å². The third-order valence-corrected chi connectivity index (χ3v) is 5.39. The largest absolute Gasteiger partial charge is 0.490 e. The van der Waals surface area contributed by atoms with E-state index in [2.05, 4.69) is 9.97 Å². The number of anilines is 3. The van der Waals surface area contributed by atoms with Crippen molar-refractivity contribution in [3.8, 4) is 11.6 Å². The number of carboxylic acid groups (broad SMARTS) is 1. The van der Waals surface area contributed by atoms with Crippen LogP contribution >= 0.6 is 0 Å². The number of carbonyl (C=O) groups is 3. The van der Waals surface area contributed by atoms with Crippen LogP contribution in [0.4, 0.5) is 43.9 Å². The van der Waals surface area contributed by atoms with Crippen LogP contribution in [0.1, 0.15) is 37.3 Å². The van der Waals surface area contributed by atoms with E-state index in [0.717, 1.165) is 10.5 Å². The third-order valence-electron chi connectivity index (χ3n) is 5.39. The molecule has 0 radical (unpaired) electrons. The number of nitrogens with two attached hydrogens (primary N) is 1. The van der Waals surface area contributed by atoms with Crippen molar-refractivity contribution in [1.29, 1.82) is 0 Å². The van der Waals surface area contributed by atoms with Gasteiger partial charge in [0.25, 0.3) is 12.3 Å². The number of aliphatic carboxylic acids is 1. The van der Waals surface area contributed by atoms with Gasteiger partial charge < -0.3 is 15.6 Å². The van der Waals surface area contributed by atoms with Gasteiger partial charge in [0, 0.05) is 17.3 Å². The fraction of sp³-hybridized carbons (Fsp3) is 0.240. The predicted octanol–water partition coefficient (Wildman–Crippen LogP) is 5.52. The van der Waals surface area contributed by atoms with Crippen LogP contribution < -0.4 is 20.3 Å². The lowest BCUT2D eigenvalue weighted by atomic mass is 10.0. The summed E-state index contributed by atoms with van der Waals surface area (Å²) in [5, 5.41) is 7.12. The second kappa shape index (κ2) is 11.9. The Kier molecular flexibility index (Phi) is 8.86. The summed E-state index contributed by atoms with van der Waals surface area (Å²) < 4.78 is 63.7. The zero-order valence-corrected chi connectivity index (χ0v) is 20.9. The van der Waals surface area contributed by atoms with Gasteiger partial charge in [0.2, 0.25) is 5.88 Å². The summed E-state index contributed by atoms with van der Waals surface area (Å²) in [5.41, 5.74) is 6.78. The number of aromatic nitrogens is 2. The van der Waals surface area contributed by atoms with Crippen LogP contribution in [0.15, 0.2) is 54.9 Å². The molecule has 3 amide bonds. The van der Waals surface area contributed by atoms with Crippen molar-refractivity contribution in [2.75, 3.05) is 22.1 Å². The fourth-order valence-corrected chi connectivity index (χ4v) is 3.53. The lowest BCUT2D eigenvalue weighted by Gasteiger charge is -2.20. The number of carbonyl (C=O) groups excluding carboxylic acids is 2. The highest BCUT2D eigenvalue weighted by molar-refractivity contribution is 6.27. The van der Waals surface area contributed by atoms with Crippen molar-refractivity contribution >= 4 is 35.1 Å². The van der Waals surface area contributed by atoms with Gasteiger partial charge in [-0.1, -0.05) is 26.0 Å². The summed E-state index contributed by atoms with van der Waals surface area (Å²) in [6, 6.07) is 11.2. The number of urea groups is 1. The molecular formula is C25H22F5N5O5. The van der Waals surface area contributed by atoms with Crippen molar-refractivity contribution in [2.24, 2.45) is 0 Å². The van der Waals surface area contributed by atoms with Crippen LogP contribution in [0.3, 0.4) is 0 Å². The molecule has 212 valence electrons. The minimum Gasteiger partial charge on any atom is -0.475 e. The Morgan fingerprint density at radius 3 is 2.30 bits per heavy atom. The number of rotatable bonds is 6. The number of hydrogen-bond donors (Lipinski definition) is 2. The van der Waals surface area contributed by atoms with Crippen molar-refractivity contribution in [3.63, 3.8) is 0 Å². The van der Waals surface area contributed by atoms with Crippen molar-refractivity contribution < 1.29 is 46.2 Å². The second-order valence-corrected chi connectivity index (χ2v) is 8.56. The molecule has 40 heavy (non-hydrogen) atoms. The minimum atomic E-state index is -5.08. The summed E-state index contributed by atoms with van der Waals surface area (Å²) in [5.74, 6) is -2.22. The van der Waals surface area contributed by atoms with E-state index in [1.54, 1.807) is 18.2 Å².